The van der Waals surface area contributed by atoms with Gasteiger partial charge in [-0.25, -0.2) is 0 Å². The first-order valence-electron chi connectivity index (χ1n) is 8.36. The summed E-state index contributed by atoms with van der Waals surface area (Å²) in [7, 11) is 0. The van der Waals surface area contributed by atoms with E-state index in [1.54, 1.807) is 11.8 Å². The smallest absolute Gasteiger partial charge is 0.135 e. The number of thioether (sulfide) groups is 1. The fourth-order valence-electron chi connectivity index (χ4n) is 3.59. The molecule has 128 valence electrons. The van der Waals surface area contributed by atoms with E-state index in [1.807, 2.05) is 30.3 Å². The van der Waals surface area contributed by atoms with Gasteiger partial charge in [-0.15, -0.1) is 0 Å². The summed E-state index contributed by atoms with van der Waals surface area (Å²) in [5.41, 5.74) is 1.09. The molecule has 0 saturated carbocycles. The van der Waals surface area contributed by atoms with Crippen LogP contribution in [-0.2, 0) is 0 Å². The van der Waals surface area contributed by atoms with Crippen LogP contribution in [0.15, 0.2) is 35.4 Å². The van der Waals surface area contributed by atoms with E-state index in [1.165, 1.54) is 11.7 Å². The van der Waals surface area contributed by atoms with Crippen LogP contribution in [0.25, 0.3) is 0 Å². The van der Waals surface area contributed by atoms with Gasteiger partial charge in [-0.1, -0.05) is 30.0 Å². The third-order valence-corrected chi connectivity index (χ3v) is 6.42. The van der Waals surface area contributed by atoms with Gasteiger partial charge in [-0.3, -0.25) is 4.90 Å². The Morgan fingerprint density at radius 3 is 2.96 bits per heavy atom. The van der Waals surface area contributed by atoms with Crippen molar-refractivity contribution < 1.29 is 9.84 Å². The van der Waals surface area contributed by atoms with Gasteiger partial charge in [-0.2, -0.15) is 8.75 Å². The first-order valence-corrected chi connectivity index (χ1v) is 10.1. The molecule has 2 saturated heterocycles. The van der Waals surface area contributed by atoms with Crippen LogP contribution in [0.2, 0.25) is 0 Å². The van der Waals surface area contributed by atoms with Gasteiger partial charge in [0.2, 0.25) is 0 Å². The van der Waals surface area contributed by atoms with Crippen LogP contribution in [-0.4, -0.2) is 50.3 Å². The normalized spacial score (nSPS) is 28.9. The summed E-state index contributed by atoms with van der Waals surface area (Å²) >= 11 is 3.01. The molecule has 0 aliphatic carbocycles. The highest BCUT2D eigenvalue weighted by Crippen LogP contribution is 2.41. The Morgan fingerprint density at radius 1 is 1.21 bits per heavy atom. The summed E-state index contributed by atoms with van der Waals surface area (Å²) < 4.78 is 14.8. The molecule has 2 bridgehead atoms. The van der Waals surface area contributed by atoms with E-state index in [2.05, 4.69) is 13.6 Å². The molecule has 4 atom stereocenters. The maximum absolute atomic E-state index is 10.1. The average Bonchev–Trinajstić information content (AvgIpc) is 3.18. The van der Waals surface area contributed by atoms with E-state index >= 15 is 0 Å². The third-order valence-electron chi connectivity index (χ3n) is 4.82. The number of piperidine rings is 1. The quantitative estimate of drug-likeness (QED) is 0.629. The molecule has 4 rings (SSSR count). The molecule has 5 nitrogen and oxygen atoms in total. The lowest BCUT2D eigenvalue weighted by Crippen LogP contribution is -2.31. The van der Waals surface area contributed by atoms with Gasteiger partial charge >= 0.3 is 0 Å². The molecule has 2 aliphatic heterocycles. The van der Waals surface area contributed by atoms with E-state index in [0.29, 0.717) is 18.6 Å². The SMILES string of the molecule is OC1CN2CC1CCC2c1nsnc1SCCOc1ccccc1. The Labute approximate surface area is 150 Å². The number of rotatable bonds is 6. The minimum absolute atomic E-state index is 0.169. The van der Waals surface area contributed by atoms with Crippen molar-refractivity contribution in [1.29, 1.82) is 0 Å². The number of ether oxygens (including phenoxy) is 1. The van der Waals surface area contributed by atoms with E-state index in [-0.39, 0.29) is 6.10 Å². The second-order valence-corrected chi connectivity index (χ2v) is 7.95. The first kappa shape index (κ1) is 16.3. The van der Waals surface area contributed by atoms with Crippen molar-refractivity contribution in [3.63, 3.8) is 0 Å². The predicted octanol–water partition coefficient (Wildman–Crippen LogP) is 2.84. The molecule has 0 spiro atoms. The number of hydrogen-bond donors (Lipinski definition) is 1. The van der Waals surface area contributed by atoms with Gasteiger partial charge in [-0.05, 0) is 30.9 Å². The van der Waals surface area contributed by atoms with Gasteiger partial charge in [0.25, 0.3) is 0 Å². The molecule has 0 amide bonds. The van der Waals surface area contributed by atoms with Crippen molar-refractivity contribution in [3.8, 4) is 5.75 Å². The molecule has 0 radical (unpaired) electrons. The summed E-state index contributed by atoms with van der Waals surface area (Å²) in [5.74, 6) is 2.20. The van der Waals surface area contributed by atoms with Crippen LogP contribution in [0.3, 0.4) is 0 Å². The minimum atomic E-state index is -0.169. The lowest BCUT2D eigenvalue weighted by atomic mass is 9.94. The molecule has 2 fully saturated rings. The highest BCUT2D eigenvalue weighted by atomic mass is 32.2. The monoisotopic (exact) mass is 363 g/mol. The van der Waals surface area contributed by atoms with Crippen molar-refractivity contribution >= 4 is 23.5 Å². The number of hydrogen-bond acceptors (Lipinski definition) is 7. The number of aromatic nitrogens is 2. The number of aliphatic hydroxyl groups excluding tert-OH is 1. The maximum Gasteiger partial charge on any atom is 0.135 e. The Bertz CT molecular complexity index is 665. The first-order chi connectivity index (χ1) is 11.8. The molecule has 24 heavy (non-hydrogen) atoms. The van der Waals surface area contributed by atoms with Crippen LogP contribution < -0.4 is 4.74 Å². The summed E-state index contributed by atoms with van der Waals surface area (Å²) in [6.07, 6.45) is 1.99. The van der Waals surface area contributed by atoms with E-state index in [0.717, 1.165) is 48.2 Å². The molecule has 1 aromatic carbocycles. The molecule has 4 unspecified atom stereocenters. The van der Waals surface area contributed by atoms with Crippen molar-refractivity contribution in [3.05, 3.63) is 36.0 Å². The van der Waals surface area contributed by atoms with Crippen molar-refractivity contribution in [2.45, 2.75) is 30.0 Å². The second-order valence-electron chi connectivity index (χ2n) is 6.34. The largest absolute Gasteiger partial charge is 0.493 e. The second kappa shape index (κ2) is 7.39. The van der Waals surface area contributed by atoms with Gasteiger partial charge in [0, 0.05) is 18.8 Å². The van der Waals surface area contributed by atoms with E-state index < -0.39 is 0 Å². The molecule has 7 heteroatoms. The Hall–Kier alpha value is -1.15. The maximum atomic E-state index is 10.1. The number of benzene rings is 1. The van der Waals surface area contributed by atoms with Crippen molar-refractivity contribution in [2.75, 3.05) is 25.4 Å². The van der Waals surface area contributed by atoms with Crippen molar-refractivity contribution in [1.82, 2.24) is 13.6 Å². The standard InChI is InChI=1S/C17H21N3O2S2/c21-15-11-20-10-12(15)6-7-14(20)16-17(19-24-18-16)23-9-8-22-13-4-2-1-3-5-13/h1-5,12,14-15,21H,6-11H2. The van der Waals surface area contributed by atoms with Gasteiger partial charge < -0.3 is 9.84 Å². The molecule has 2 aliphatic rings. The molecular weight excluding hydrogens is 342 g/mol. The van der Waals surface area contributed by atoms with Gasteiger partial charge in [0.15, 0.2) is 0 Å². The highest BCUT2D eigenvalue weighted by molar-refractivity contribution is 7.99. The van der Waals surface area contributed by atoms with E-state index in [4.69, 9.17) is 4.74 Å². The predicted molar refractivity (Wildman–Crippen MR) is 95.6 cm³/mol. The zero-order valence-electron chi connectivity index (χ0n) is 13.4. The lowest BCUT2D eigenvalue weighted by Gasteiger charge is -2.30. The van der Waals surface area contributed by atoms with Crippen LogP contribution >= 0.6 is 23.5 Å². The topological polar surface area (TPSA) is 58.5 Å². The van der Waals surface area contributed by atoms with Crippen LogP contribution in [0.1, 0.15) is 24.6 Å². The van der Waals surface area contributed by atoms with Crippen molar-refractivity contribution in [2.24, 2.45) is 5.92 Å². The van der Waals surface area contributed by atoms with Crippen LogP contribution in [0.4, 0.5) is 0 Å². The fraction of sp³-hybridized carbons (Fsp3) is 0.529. The number of aliphatic hydroxyl groups is 1. The molecule has 1 aromatic heterocycles. The van der Waals surface area contributed by atoms with Gasteiger partial charge in [0.05, 0.1) is 30.5 Å². The zero-order valence-corrected chi connectivity index (χ0v) is 15.0. The Kier molecular flexibility index (Phi) is 5.03. The summed E-state index contributed by atoms with van der Waals surface area (Å²) in [5, 5.41) is 11.1. The Balaban J connectivity index is 1.33. The van der Waals surface area contributed by atoms with E-state index in [9.17, 15) is 5.11 Å². The third kappa shape index (κ3) is 3.44. The average molecular weight is 364 g/mol. The van der Waals surface area contributed by atoms with Gasteiger partial charge in [0.1, 0.15) is 16.5 Å². The number of para-hydroxylation sites is 1. The van der Waals surface area contributed by atoms with Crippen LogP contribution in [0, 0.1) is 5.92 Å². The molecule has 1 N–H and O–H groups in total. The molecule has 2 aromatic rings. The molecule has 3 heterocycles. The Morgan fingerprint density at radius 2 is 2.08 bits per heavy atom. The number of nitrogens with zero attached hydrogens (tertiary/aromatic N) is 3. The summed E-state index contributed by atoms with van der Waals surface area (Å²) in [6.45, 7) is 2.42. The number of fused-ring (bicyclic) bond motifs is 2. The highest BCUT2D eigenvalue weighted by Gasteiger charge is 2.41. The van der Waals surface area contributed by atoms with Crippen LogP contribution in [0.5, 0.6) is 5.75 Å². The minimum Gasteiger partial charge on any atom is -0.493 e. The zero-order chi connectivity index (χ0) is 16.4. The molecular formula is C17H21N3O2S2. The lowest BCUT2D eigenvalue weighted by molar-refractivity contribution is 0.144. The fourth-order valence-corrected chi connectivity index (χ4v) is 5.16. The summed E-state index contributed by atoms with van der Waals surface area (Å²) in [6, 6.07) is 10.2. The summed E-state index contributed by atoms with van der Waals surface area (Å²) in [4.78, 5) is 2.38.